The maximum atomic E-state index is 11.7. The van der Waals surface area contributed by atoms with Gasteiger partial charge in [-0.3, -0.25) is 0 Å². The molecule has 1 rings (SSSR count). The zero-order valence-corrected chi connectivity index (χ0v) is 11.9. The van der Waals surface area contributed by atoms with Gasteiger partial charge in [0.25, 0.3) is 10.1 Å². The van der Waals surface area contributed by atoms with Crippen molar-refractivity contribution in [1.82, 2.24) is 9.80 Å². The summed E-state index contributed by atoms with van der Waals surface area (Å²) in [5.74, 6) is -0.164. The highest BCUT2D eigenvalue weighted by molar-refractivity contribution is 7.86. The van der Waals surface area contributed by atoms with Crippen molar-refractivity contribution in [3.05, 3.63) is 25.1 Å². The van der Waals surface area contributed by atoms with Gasteiger partial charge in [-0.2, -0.15) is 8.42 Å². The Labute approximate surface area is 110 Å². The van der Waals surface area contributed by atoms with Crippen LogP contribution in [0, 0.1) is 0 Å². The smallest absolute Gasteiger partial charge is 0.274 e. The van der Waals surface area contributed by atoms with E-state index in [0.29, 0.717) is 6.54 Å². The minimum absolute atomic E-state index is 0.164. The third-order valence-corrected chi connectivity index (χ3v) is 3.82. The molecular weight excluding hydrogens is 252 g/mol. The van der Waals surface area contributed by atoms with Gasteiger partial charge in [0.1, 0.15) is 0 Å². The fourth-order valence-electron chi connectivity index (χ4n) is 1.72. The van der Waals surface area contributed by atoms with Crippen LogP contribution in [0.5, 0.6) is 0 Å². The van der Waals surface area contributed by atoms with E-state index in [1.165, 1.54) is 6.08 Å². The molecule has 1 unspecified atom stereocenters. The standard InChI is InChI=1S/C12H22N2O3S/c1-4-7-8-14-10-9-13(6-3)12(14)17-18(15,16)11-5-2/h5,9-10,12H,2,4,6-8,11H2,1,3H3. The highest BCUT2D eigenvalue weighted by Crippen LogP contribution is 2.19. The second kappa shape index (κ2) is 6.80. The SMILES string of the molecule is C=CCS(=O)(=O)OC1N(CC)C=CN1CCCC. The Bertz CT molecular complexity index is 392. The van der Waals surface area contributed by atoms with Crippen molar-refractivity contribution in [1.29, 1.82) is 0 Å². The minimum atomic E-state index is -3.56. The highest BCUT2D eigenvalue weighted by Gasteiger charge is 2.30. The summed E-state index contributed by atoms with van der Waals surface area (Å²) in [6.45, 7) is 8.98. The normalized spacial score (nSPS) is 19.6. The number of hydrogen-bond donors (Lipinski definition) is 0. The molecule has 0 aromatic heterocycles. The molecule has 0 bridgehead atoms. The maximum absolute atomic E-state index is 11.7. The lowest BCUT2D eigenvalue weighted by molar-refractivity contribution is -0.0184. The summed E-state index contributed by atoms with van der Waals surface area (Å²) < 4.78 is 28.6. The molecule has 1 heterocycles. The number of hydrogen-bond acceptors (Lipinski definition) is 5. The first kappa shape index (κ1) is 15.0. The lowest BCUT2D eigenvalue weighted by Gasteiger charge is -2.30. The zero-order chi connectivity index (χ0) is 13.6. The van der Waals surface area contributed by atoms with E-state index in [2.05, 4.69) is 13.5 Å². The summed E-state index contributed by atoms with van der Waals surface area (Å²) in [5.41, 5.74) is 0. The van der Waals surface area contributed by atoms with Crippen LogP contribution in [0.2, 0.25) is 0 Å². The molecule has 0 aliphatic carbocycles. The molecule has 0 saturated carbocycles. The van der Waals surface area contributed by atoms with Gasteiger partial charge in [0, 0.05) is 25.5 Å². The molecule has 0 radical (unpaired) electrons. The molecule has 0 aromatic rings. The van der Waals surface area contributed by atoms with Crippen molar-refractivity contribution in [2.45, 2.75) is 33.0 Å². The fourth-order valence-corrected chi connectivity index (χ4v) is 2.57. The lowest BCUT2D eigenvalue weighted by atomic mass is 10.3. The molecule has 0 amide bonds. The van der Waals surface area contributed by atoms with E-state index in [9.17, 15) is 8.42 Å². The van der Waals surface area contributed by atoms with Crippen LogP contribution in [0.15, 0.2) is 25.1 Å². The van der Waals surface area contributed by atoms with E-state index < -0.39 is 16.5 Å². The van der Waals surface area contributed by atoms with Crippen LogP contribution in [-0.4, -0.2) is 43.4 Å². The molecular formula is C12H22N2O3S. The zero-order valence-electron chi connectivity index (χ0n) is 11.1. The van der Waals surface area contributed by atoms with Crippen molar-refractivity contribution in [3.63, 3.8) is 0 Å². The second-order valence-electron chi connectivity index (χ2n) is 4.16. The van der Waals surface area contributed by atoms with Gasteiger partial charge in [-0.25, -0.2) is 4.18 Å². The fraction of sp³-hybridized carbons (Fsp3) is 0.667. The topological polar surface area (TPSA) is 49.9 Å². The number of rotatable bonds is 8. The van der Waals surface area contributed by atoms with Crippen LogP contribution >= 0.6 is 0 Å². The summed E-state index contributed by atoms with van der Waals surface area (Å²) in [4.78, 5) is 3.77. The van der Waals surface area contributed by atoms with E-state index in [-0.39, 0.29) is 5.75 Å². The van der Waals surface area contributed by atoms with Gasteiger partial charge in [0.05, 0.1) is 5.75 Å². The van der Waals surface area contributed by atoms with E-state index in [4.69, 9.17) is 4.18 Å². The Kier molecular flexibility index (Phi) is 5.68. The van der Waals surface area contributed by atoms with E-state index >= 15 is 0 Å². The van der Waals surface area contributed by atoms with E-state index in [1.54, 1.807) is 0 Å². The van der Waals surface area contributed by atoms with Crippen LogP contribution in [-0.2, 0) is 14.3 Å². The van der Waals surface area contributed by atoms with Crippen molar-refractivity contribution in [2.75, 3.05) is 18.8 Å². The van der Waals surface area contributed by atoms with Crippen molar-refractivity contribution < 1.29 is 12.6 Å². The van der Waals surface area contributed by atoms with Crippen LogP contribution in [0.1, 0.15) is 26.7 Å². The molecule has 0 spiro atoms. The van der Waals surface area contributed by atoms with Crippen LogP contribution in [0.4, 0.5) is 0 Å². The van der Waals surface area contributed by atoms with Gasteiger partial charge in [-0.1, -0.05) is 19.4 Å². The average molecular weight is 274 g/mol. The Morgan fingerprint density at radius 3 is 2.56 bits per heavy atom. The first-order chi connectivity index (χ1) is 8.54. The van der Waals surface area contributed by atoms with E-state index in [0.717, 1.165) is 19.4 Å². The summed E-state index contributed by atoms with van der Waals surface area (Å²) in [5, 5.41) is 0. The molecule has 1 aliphatic heterocycles. The summed E-state index contributed by atoms with van der Waals surface area (Å²) in [6, 6.07) is 0. The predicted molar refractivity (Wildman–Crippen MR) is 72.0 cm³/mol. The maximum Gasteiger partial charge on any atom is 0.274 e. The largest absolute Gasteiger partial charge is 0.333 e. The minimum Gasteiger partial charge on any atom is -0.333 e. The third-order valence-electron chi connectivity index (χ3n) is 2.71. The summed E-state index contributed by atoms with van der Waals surface area (Å²) in [6.07, 6.45) is 6.60. The molecule has 0 fully saturated rings. The van der Waals surface area contributed by atoms with Gasteiger partial charge in [-0.05, 0) is 13.3 Å². The molecule has 104 valence electrons. The predicted octanol–water partition coefficient (Wildman–Crippen LogP) is 1.71. The Balaban J connectivity index is 2.71. The first-order valence-electron chi connectivity index (χ1n) is 6.25. The van der Waals surface area contributed by atoms with Crippen molar-refractivity contribution >= 4 is 10.1 Å². The van der Waals surface area contributed by atoms with Crippen LogP contribution in [0.25, 0.3) is 0 Å². The quantitative estimate of drug-likeness (QED) is 0.498. The monoisotopic (exact) mass is 274 g/mol. The Morgan fingerprint density at radius 1 is 1.33 bits per heavy atom. The second-order valence-corrected chi connectivity index (χ2v) is 5.80. The Hall–Kier alpha value is -1.01. The Morgan fingerprint density at radius 2 is 2.00 bits per heavy atom. The summed E-state index contributed by atoms with van der Waals surface area (Å²) in [7, 11) is -3.56. The summed E-state index contributed by atoms with van der Waals surface area (Å²) >= 11 is 0. The van der Waals surface area contributed by atoms with Crippen molar-refractivity contribution in [2.24, 2.45) is 0 Å². The van der Waals surface area contributed by atoms with Crippen LogP contribution in [0.3, 0.4) is 0 Å². The van der Waals surface area contributed by atoms with Gasteiger partial charge < -0.3 is 9.80 Å². The molecule has 5 nitrogen and oxygen atoms in total. The molecule has 0 N–H and O–H groups in total. The molecule has 0 aromatic carbocycles. The van der Waals surface area contributed by atoms with Crippen molar-refractivity contribution in [3.8, 4) is 0 Å². The van der Waals surface area contributed by atoms with Gasteiger partial charge in [0.15, 0.2) is 0 Å². The molecule has 1 atom stereocenters. The van der Waals surface area contributed by atoms with Gasteiger partial charge in [-0.15, -0.1) is 6.58 Å². The van der Waals surface area contributed by atoms with Crippen LogP contribution < -0.4 is 0 Å². The van der Waals surface area contributed by atoms with E-state index in [1.807, 2.05) is 29.1 Å². The number of nitrogens with zero attached hydrogens (tertiary/aromatic N) is 2. The molecule has 18 heavy (non-hydrogen) atoms. The molecule has 1 aliphatic rings. The highest BCUT2D eigenvalue weighted by atomic mass is 32.2. The number of unbranched alkanes of at least 4 members (excludes halogenated alkanes) is 1. The van der Waals surface area contributed by atoms with Gasteiger partial charge >= 0.3 is 0 Å². The van der Waals surface area contributed by atoms with Gasteiger partial charge in [0.2, 0.25) is 6.35 Å². The molecule has 6 heteroatoms. The third kappa shape index (κ3) is 4.03. The average Bonchev–Trinajstić information content (AvgIpc) is 2.68. The first-order valence-corrected chi connectivity index (χ1v) is 7.83. The molecule has 0 saturated heterocycles. The lowest BCUT2D eigenvalue weighted by Crippen LogP contribution is -2.42.